The van der Waals surface area contributed by atoms with E-state index >= 15 is 0 Å². The molecular formula is C23H26F3N3O3. The van der Waals surface area contributed by atoms with Crippen molar-refractivity contribution in [3.63, 3.8) is 0 Å². The van der Waals surface area contributed by atoms with E-state index in [4.69, 9.17) is 4.74 Å². The Labute approximate surface area is 184 Å². The summed E-state index contributed by atoms with van der Waals surface area (Å²) in [4.78, 5) is 27.0. The molecule has 0 spiro atoms. The van der Waals surface area contributed by atoms with Crippen LogP contribution in [0.2, 0.25) is 0 Å². The highest BCUT2D eigenvalue weighted by molar-refractivity contribution is 5.96. The number of alkyl halides is 3. The Bertz CT molecular complexity index is 909. The number of rotatable bonds is 7. The Balaban J connectivity index is 1.59. The second kappa shape index (κ2) is 10.6. The van der Waals surface area contributed by atoms with Gasteiger partial charge in [-0.25, -0.2) is 0 Å². The molecule has 32 heavy (non-hydrogen) atoms. The molecule has 1 heterocycles. The number of nitrogens with zero attached hydrogens (tertiary/aromatic N) is 1. The molecule has 1 fully saturated rings. The summed E-state index contributed by atoms with van der Waals surface area (Å²) in [6.07, 6.45) is -4.47. The third kappa shape index (κ3) is 6.80. The van der Waals surface area contributed by atoms with Crippen LogP contribution in [0.1, 0.15) is 33.1 Å². The molecular weight excluding hydrogens is 423 g/mol. The van der Waals surface area contributed by atoms with Crippen LogP contribution in [0.25, 0.3) is 0 Å². The molecule has 2 N–H and O–H groups in total. The molecule has 1 saturated heterocycles. The maximum atomic E-state index is 12.7. The zero-order valence-electron chi connectivity index (χ0n) is 17.7. The molecule has 1 aliphatic heterocycles. The molecule has 0 bridgehead atoms. The Morgan fingerprint density at radius 1 is 1.03 bits per heavy atom. The average molecular weight is 449 g/mol. The molecule has 0 radical (unpaired) electrons. The third-order valence-corrected chi connectivity index (χ3v) is 5.24. The Hall–Kier alpha value is -2.91. The van der Waals surface area contributed by atoms with E-state index in [0.717, 1.165) is 48.5 Å². The first-order chi connectivity index (χ1) is 15.2. The van der Waals surface area contributed by atoms with Crippen LogP contribution in [0, 0.1) is 6.92 Å². The number of amides is 2. The van der Waals surface area contributed by atoms with E-state index in [1.54, 1.807) is 0 Å². The molecule has 2 amide bonds. The Morgan fingerprint density at radius 2 is 1.66 bits per heavy atom. The van der Waals surface area contributed by atoms with Crippen molar-refractivity contribution in [1.82, 2.24) is 15.5 Å². The van der Waals surface area contributed by atoms with Crippen LogP contribution in [0.4, 0.5) is 13.2 Å². The summed E-state index contributed by atoms with van der Waals surface area (Å²) in [7, 11) is 0. The molecule has 0 aliphatic carbocycles. The van der Waals surface area contributed by atoms with E-state index in [1.807, 2.05) is 31.2 Å². The minimum absolute atomic E-state index is 0.0502. The topological polar surface area (TPSA) is 70.7 Å². The number of halogens is 3. The normalized spacial score (nSPS) is 15.8. The monoisotopic (exact) mass is 449 g/mol. The van der Waals surface area contributed by atoms with Gasteiger partial charge in [0.2, 0.25) is 5.91 Å². The lowest BCUT2D eigenvalue weighted by molar-refractivity contribution is -0.137. The van der Waals surface area contributed by atoms with E-state index in [0.29, 0.717) is 19.8 Å². The molecule has 0 saturated carbocycles. The largest absolute Gasteiger partial charge is 0.416 e. The Morgan fingerprint density at radius 3 is 2.25 bits per heavy atom. The number of hydrogen-bond donors (Lipinski definition) is 2. The minimum Gasteiger partial charge on any atom is -0.379 e. The molecule has 2 aromatic rings. The van der Waals surface area contributed by atoms with Gasteiger partial charge in [0, 0.05) is 25.2 Å². The number of nitrogens with one attached hydrogen (secondary N) is 2. The summed E-state index contributed by atoms with van der Waals surface area (Å²) in [6, 6.07) is 11.4. The van der Waals surface area contributed by atoms with Crippen LogP contribution in [-0.2, 0) is 15.7 Å². The predicted molar refractivity (Wildman–Crippen MR) is 113 cm³/mol. The van der Waals surface area contributed by atoms with Crippen molar-refractivity contribution in [2.75, 3.05) is 39.4 Å². The van der Waals surface area contributed by atoms with Crippen molar-refractivity contribution in [2.45, 2.75) is 19.1 Å². The Kier molecular flexibility index (Phi) is 7.87. The van der Waals surface area contributed by atoms with Crippen molar-refractivity contribution in [3.05, 3.63) is 70.8 Å². The SMILES string of the molecule is Cc1ccc([C@H](CN2CCOCC2)NC(=O)CNC(=O)c2ccc(C(F)(F)F)cc2)cc1. The summed E-state index contributed by atoms with van der Waals surface area (Å²) in [5.41, 5.74) is 1.27. The maximum absolute atomic E-state index is 12.7. The van der Waals surface area contributed by atoms with Gasteiger partial charge in [-0.3, -0.25) is 14.5 Å². The molecule has 3 rings (SSSR count). The number of benzene rings is 2. The van der Waals surface area contributed by atoms with E-state index in [1.165, 1.54) is 0 Å². The number of ether oxygens (including phenoxy) is 1. The van der Waals surface area contributed by atoms with Gasteiger partial charge in [0.25, 0.3) is 5.91 Å². The first-order valence-corrected chi connectivity index (χ1v) is 10.3. The molecule has 0 aromatic heterocycles. The smallest absolute Gasteiger partial charge is 0.379 e. The van der Waals surface area contributed by atoms with Gasteiger partial charge in [-0.2, -0.15) is 13.2 Å². The number of morpholine rings is 1. The first kappa shape index (κ1) is 23.7. The third-order valence-electron chi connectivity index (χ3n) is 5.24. The van der Waals surface area contributed by atoms with Gasteiger partial charge >= 0.3 is 6.18 Å². The van der Waals surface area contributed by atoms with Crippen molar-refractivity contribution in [2.24, 2.45) is 0 Å². The number of carbonyl (C=O) groups excluding carboxylic acids is 2. The minimum atomic E-state index is -4.47. The van der Waals surface area contributed by atoms with Gasteiger partial charge in [-0.05, 0) is 36.8 Å². The lowest BCUT2D eigenvalue weighted by Gasteiger charge is -2.31. The summed E-state index contributed by atoms with van der Waals surface area (Å²) in [6.45, 7) is 5.10. The van der Waals surface area contributed by atoms with Gasteiger partial charge in [-0.15, -0.1) is 0 Å². The van der Waals surface area contributed by atoms with Gasteiger partial charge in [0.1, 0.15) is 0 Å². The van der Waals surface area contributed by atoms with Crippen LogP contribution < -0.4 is 10.6 Å². The highest BCUT2D eigenvalue weighted by Crippen LogP contribution is 2.29. The molecule has 2 aromatic carbocycles. The van der Waals surface area contributed by atoms with Gasteiger partial charge in [-0.1, -0.05) is 29.8 Å². The average Bonchev–Trinajstić information content (AvgIpc) is 2.78. The summed E-state index contributed by atoms with van der Waals surface area (Å²) in [5.74, 6) is -1.00. The quantitative estimate of drug-likeness (QED) is 0.682. The number of hydrogen-bond acceptors (Lipinski definition) is 4. The van der Waals surface area contributed by atoms with Gasteiger partial charge < -0.3 is 15.4 Å². The van der Waals surface area contributed by atoms with Gasteiger partial charge in [0.15, 0.2) is 0 Å². The summed E-state index contributed by atoms with van der Waals surface area (Å²) >= 11 is 0. The molecule has 1 aliphatic rings. The molecule has 9 heteroatoms. The number of aryl methyl sites for hydroxylation is 1. The van der Waals surface area contributed by atoms with E-state index in [-0.39, 0.29) is 24.1 Å². The van der Waals surface area contributed by atoms with Crippen molar-refractivity contribution < 1.29 is 27.5 Å². The molecule has 1 atom stereocenters. The van der Waals surface area contributed by atoms with Crippen molar-refractivity contribution in [1.29, 1.82) is 0 Å². The van der Waals surface area contributed by atoms with E-state index < -0.39 is 17.6 Å². The van der Waals surface area contributed by atoms with E-state index in [9.17, 15) is 22.8 Å². The maximum Gasteiger partial charge on any atom is 0.416 e. The van der Waals surface area contributed by atoms with Crippen LogP contribution >= 0.6 is 0 Å². The summed E-state index contributed by atoms with van der Waals surface area (Å²) < 4.78 is 43.4. The second-order valence-corrected chi connectivity index (χ2v) is 7.70. The fraction of sp³-hybridized carbons (Fsp3) is 0.391. The van der Waals surface area contributed by atoms with Crippen LogP contribution in [0.5, 0.6) is 0 Å². The first-order valence-electron chi connectivity index (χ1n) is 10.3. The molecule has 0 unspecified atom stereocenters. The standard InChI is InChI=1S/C23H26F3N3O3/c1-16-2-4-17(5-3-16)20(15-29-10-12-32-13-11-29)28-21(30)14-27-22(31)18-6-8-19(9-7-18)23(24,25)26/h2-9,20H,10-15H2,1H3,(H,27,31)(H,28,30)/t20-/m0/s1. The second-order valence-electron chi connectivity index (χ2n) is 7.70. The highest BCUT2D eigenvalue weighted by atomic mass is 19.4. The van der Waals surface area contributed by atoms with Crippen LogP contribution in [0.15, 0.2) is 48.5 Å². The summed E-state index contributed by atoms with van der Waals surface area (Å²) in [5, 5.41) is 5.41. The lowest BCUT2D eigenvalue weighted by atomic mass is 10.0. The van der Waals surface area contributed by atoms with Gasteiger partial charge in [0.05, 0.1) is 31.4 Å². The fourth-order valence-electron chi connectivity index (χ4n) is 3.39. The lowest BCUT2D eigenvalue weighted by Crippen LogP contribution is -2.45. The molecule has 172 valence electrons. The van der Waals surface area contributed by atoms with Crippen molar-refractivity contribution >= 4 is 11.8 Å². The predicted octanol–water partition coefficient (Wildman–Crippen LogP) is 2.93. The fourth-order valence-corrected chi connectivity index (χ4v) is 3.39. The van der Waals surface area contributed by atoms with Crippen LogP contribution in [0.3, 0.4) is 0 Å². The zero-order chi connectivity index (χ0) is 23.1. The van der Waals surface area contributed by atoms with E-state index in [2.05, 4.69) is 15.5 Å². The highest BCUT2D eigenvalue weighted by Gasteiger charge is 2.30. The zero-order valence-corrected chi connectivity index (χ0v) is 17.7. The van der Waals surface area contributed by atoms with Crippen LogP contribution in [-0.4, -0.2) is 56.1 Å². The van der Waals surface area contributed by atoms with Crippen molar-refractivity contribution in [3.8, 4) is 0 Å². The number of carbonyl (C=O) groups is 2. The molecule has 6 nitrogen and oxygen atoms in total.